The fraction of sp³-hybridized carbons (Fsp3) is 0.125. The van der Waals surface area contributed by atoms with Crippen molar-refractivity contribution < 1.29 is 23.5 Å². The first-order valence-corrected chi connectivity index (χ1v) is 12.7. The zero-order valence-corrected chi connectivity index (χ0v) is 22.6. The molecule has 1 aliphatic heterocycles. The molecule has 0 radical (unpaired) electrons. The number of benzene rings is 3. The van der Waals surface area contributed by atoms with Crippen LogP contribution in [-0.2, 0) is 16.1 Å². The van der Waals surface area contributed by atoms with Crippen LogP contribution < -0.4 is 9.47 Å². The highest BCUT2D eigenvalue weighted by Crippen LogP contribution is 2.35. The van der Waals surface area contributed by atoms with E-state index < -0.39 is 17.6 Å². The lowest BCUT2D eigenvalue weighted by atomic mass is 9.93. The number of ether oxygens (including phenoxy) is 2. The van der Waals surface area contributed by atoms with Gasteiger partial charge in [0.1, 0.15) is 23.2 Å². The zero-order chi connectivity index (χ0) is 29.1. The minimum Gasteiger partial charge on any atom is -0.493 e. The predicted molar refractivity (Wildman–Crippen MR) is 150 cm³/mol. The Bertz CT molecular complexity index is 1750. The molecule has 0 spiro atoms. The van der Waals surface area contributed by atoms with Crippen LogP contribution in [0.1, 0.15) is 18.1 Å². The van der Waals surface area contributed by atoms with Gasteiger partial charge < -0.3 is 9.47 Å². The van der Waals surface area contributed by atoms with Crippen LogP contribution in [0.2, 0.25) is 0 Å². The molecule has 1 aromatic heterocycles. The third-order valence-electron chi connectivity index (χ3n) is 6.80. The van der Waals surface area contributed by atoms with E-state index in [0.29, 0.717) is 33.9 Å². The van der Waals surface area contributed by atoms with Crippen LogP contribution >= 0.6 is 0 Å². The Balaban J connectivity index is 1.66. The minimum atomic E-state index is -0.698. The Morgan fingerprint density at radius 1 is 0.951 bits per heavy atom. The van der Waals surface area contributed by atoms with Crippen molar-refractivity contribution in [2.75, 3.05) is 14.2 Å². The molecule has 0 saturated carbocycles. The Morgan fingerprint density at radius 3 is 2.32 bits per heavy atom. The molecular weight excluding hydrogens is 523 g/mol. The molecule has 41 heavy (non-hydrogen) atoms. The standard InChI is InChI=1S/C32H25FN4O4/c1-20-26(31(38)36(32(39)27(20)17-34)18-21-9-12-24(33)13-10-21)15-23-19-37(25-7-5-4-6-8-25)35-30(23)22-11-14-28(40-2)29(16-22)41-3/h4-16,19H,18H2,1-3H3/b26-15+. The van der Waals surface area contributed by atoms with Crippen LogP contribution in [0.4, 0.5) is 4.39 Å². The van der Waals surface area contributed by atoms with E-state index in [1.165, 1.54) is 31.4 Å². The van der Waals surface area contributed by atoms with E-state index in [-0.39, 0.29) is 23.3 Å². The molecule has 9 heteroatoms. The molecule has 2 heterocycles. The van der Waals surface area contributed by atoms with Gasteiger partial charge in [-0.25, -0.2) is 9.07 Å². The maximum Gasteiger partial charge on any atom is 0.271 e. The first-order chi connectivity index (χ1) is 19.8. The summed E-state index contributed by atoms with van der Waals surface area (Å²) >= 11 is 0. The number of rotatable bonds is 7. The largest absolute Gasteiger partial charge is 0.493 e. The summed E-state index contributed by atoms with van der Waals surface area (Å²) in [6.45, 7) is 1.46. The number of hydrogen-bond donors (Lipinski definition) is 0. The third kappa shape index (κ3) is 5.23. The van der Waals surface area contributed by atoms with Gasteiger partial charge in [0.05, 0.1) is 26.5 Å². The fourth-order valence-corrected chi connectivity index (χ4v) is 4.61. The van der Waals surface area contributed by atoms with Crippen molar-refractivity contribution in [1.82, 2.24) is 14.7 Å². The summed E-state index contributed by atoms with van der Waals surface area (Å²) in [5.41, 5.74) is 3.48. The van der Waals surface area contributed by atoms with E-state index in [4.69, 9.17) is 14.6 Å². The van der Waals surface area contributed by atoms with Crippen molar-refractivity contribution >= 4 is 17.9 Å². The second-order valence-electron chi connectivity index (χ2n) is 9.28. The number of imide groups is 1. The molecule has 0 atom stereocenters. The van der Waals surface area contributed by atoms with Gasteiger partial charge in [-0.1, -0.05) is 30.3 Å². The van der Waals surface area contributed by atoms with Crippen LogP contribution in [0.15, 0.2) is 95.7 Å². The van der Waals surface area contributed by atoms with Gasteiger partial charge in [-0.2, -0.15) is 10.4 Å². The van der Waals surface area contributed by atoms with Crippen molar-refractivity contribution in [1.29, 1.82) is 5.26 Å². The van der Waals surface area contributed by atoms with Crippen molar-refractivity contribution in [3.05, 3.63) is 113 Å². The number of hydrogen-bond acceptors (Lipinski definition) is 6. The molecular formula is C32H25FN4O4. The topological polar surface area (TPSA) is 97.5 Å². The molecule has 204 valence electrons. The maximum absolute atomic E-state index is 13.7. The van der Waals surface area contributed by atoms with Crippen LogP contribution in [0.3, 0.4) is 0 Å². The van der Waals surface area contributed by atoms with Gasteiger partial charge >= 0.3 is 0 Å². The normalized spacial score (nSPS) is 14.4. The van der Waals surface area contributed by atoms with Gasteiger partial charge in [0, 0.05) is 22.9 Å². The predicted octanol–water partition coefficient (Wildman–Crippen LogP) is 5.49. The molecule has 0 unspecified atom stereocenters. The van der Waals surface area contributed by atoms with E-state index in [1.54, 1.807) is 43.1 Å². The molecule has 5 rings (SSSR count). The molecule has 1 aliphatic rings. The molecule has 2 amide bonds. The van der Waals surface area contributed by atoms with Gasteiger partial charge in [0.2, 0.25) is 0 Å². The van der Waals surface area contributed by atoms with Crippen LogP contribution in [0.5, 0.6) is 11.5 Å². The molecule has 0 bridgehead atoms. The number of halogens is 1. The van der Waals surface area contributed by atoms with Crippen molar-refractivity contribution in [2.45, 2.75) is 13.5 Å². The van der Waals surface area contributed by atoms with Gasteiger partial charge in [0.15, 0.2) is 11.5 Å². The maximum atomic E-state index is 13.7. The summed E-state index contributed by atoms with van der Waals surface area (Å²) in [5, 5.41) is 14.6. The number of nitrogens with zero attached hydrogens (tertiary/aromatic N) is 4. The van der Waals surface area contributed by atoms with Crippen molar-refractivity contribution in [3.8, 4) is 34.5 Å². The third-order valence-corrected chi connectivity index (χ3v) is 6.80. The number of carbonyl (C=O) groups excluding carboxylic acids is 2. The van der Waals surface area contributed by atoms with E-state index in [0.717, 1.165) is 10.6 Å². The molecule has 3 aromatic carbocycles. The van der Waals surface area contributed by atoms with E-state index in [2.05, 4.69) is 0 Å². The highest BCUT2D eigenvalue weighted by atomic mass is 19.1. The number of para-hydroxylation sites is 1. The average Bonchev–Trinajstić information content (AvgIpc) is 3.42. The first-order valence-electron chi connectivity index (χ1n) is 12.7. The number of carbonyl (C=O) groups is 2. The summed E-state index contributed by atoms with van der Waals surface area (Å²) in [4.78, 5) is 27.9. The number of aromatic nitrogens is 2. The second-order valence-corrected chi connectivity index (χ2v) is 9.28. The monoisotopic (exact) mass is 548 g/mol. The summed E-state index contributed by atoms with van der Waals surface area (Å²) < 4.78 is 26.0. The quantitative estimate of drug-likeness (QED) is 0.224. The fourth-order valence-electron chi connectivity index (χ4n) is 4.61. The van der Waals surface area contributed by atoms with Gasteiger partial charge in [-0.05, 0) is 66.6 Å². The number of methoxy groups -OCH3 is 2. The molecule has 0 fully saturated rings. The minimum absolute atomic E-state index is 0.112. The number of amides is 2. The second kappa shape index (κ2) is 11.3. The lowest BCUT2D eigenvalue weighted by Crippen LogP contribution is -2.42. The van der Waals surface area contributed by atoms with Crippen LogP contribution in [-0.4, -0.2) is 40.7 Å². The zero-order valence-electron chi connectivity index (χ0n) is 22.6. The molecule has 0 saturated heterocycles. The first kappa shape index (κ1) is 27.1. The molecule has 0 N–H and O–H groups in total. The summed E-state index contributed by atoms with van der Waals surface area (Å²) in [5.74, 6) is -0.644. The molecule has 0 aliphatic carbocycles. The summed E-state index contributed by atoms with van der Waals surface area (Å²) in [6.07, 6.45) is 3.42. The van der Waals surface area contributed by atoms with Gasteiger partial charge in [0.25, 0.3) is 11.8 Å². The summed E-state index contributed by atoms with van der Waals surface area (Å²) in [7, 11) is 3.09. The van der Waals surface area contributed by atoms with E-state index in [1.807, 2.05) is 42.5 Å². The highest BCUT2D eigenvalue weighted by molar-refractivity contribution is 6.19. The molecule has 8 nitrogen and oxygen atoms in total. The van der Waals surface area contributed by atoms with Crippen LogP contribution in [0, 0.1) is 17.1 Å². The highest BCUT2D eigenvalue weighted by Gasteiger charge is 2.35. The van der Waals surface area contributed by atoms with E-state index >= 15 is 0 Å². The Kier molecular flexibility index (Phi) is 7.48. The lowest BCUT2D eigenvalue weighted by molar-refractivity contribution is -0.141. The Hall–Kier alpha value is -5.49. The van der Waals surface area contributed by atoms with E-state index in [9.17, 15) is 19.2 Å². The Morgan fingerprint density at radius 2 is 1.66 bits per heavy atom. The lowest BCUT2D eigenvalue weighted by Gasteiger charge is -2.27. The van der Waals surface area contributed by atoms with Gasteiger partial charge in [-0.3, -0.25) is 14.5 Å². The average molecular weight is 549 g/mol. The van der Waals surface area contributed by atoms with Gasteiger partial charge in [-0.15, -0.1) is 0 Å². The number of nitriles is 1. The van der Waals surface area contributed by atoms with Crippen LogP contribution in [0.25, 0.3) is 23.0 Å². The van der Waals surface area contributed by atoms with Crippen molar-refractivity contribution in [2.24, 2.45) is 0 Å². The summed E-state index contributed by atoms with van der Waals surface area (Å²) in [6, 6.07) is 22.3. The Labute approximate surface area is 236 Å². The SMILES string of the molecule is COc1ccc(-c2nn(-c3ccccc3)cc2/C=C2/C(=O)N(Cc3ccc(F)cc3)C(=O)C(C#N)=C2C)cc1OC. The van der Waals surface area contributed by atoms with Crippen molar-refractivity contribution in [3.63, 3.8) is 0 Å². The smallest absolute Gasteiger partial charge is 0.271 e. The molecule has 4 aromatic rings.